The molecule has 1 aromatic carbocycles. The van der Waals surface area contributed by atoms with Crippen LogP contribution >= 0.6 is 0 Å². The molecule has 1 saturated heterocycles. The predicted octanol–water partition coefficient (Wildman–Crippen LogP) is 1.02. The summed E-state index contributed by atoms with van der Waals surface area (Å²) in [6, 6.07) is 5.06. The molecular weight excluding hydrogens is 256 g/mol. The van der Waals surface area contributed by atoms with Gasteiger partial charge >= 0.3 is 5.97 Å². The van der Waals surface area contributed by atoms with Crippen LogP contribution in [0.25, 0.3) is 0 Å². The SMILES string of the molecule is O=C(O)C1CCCN1C(=O)c1cccc2c1CCNC2. The number of nitrogens with one attached hydrogen (secondary N) is 1. The number of amides is 1. The lowest BCUT2D eigenvalue weighted by atomic mass is 9.94. The van der Waals surface area contributed by atoms with Gasteiger partial charge in [0.1, 0.15) is 6.04 Å². The lowest BCUT2D eigenvalue weighted by Gasteiger charge is -2.25. The Kier molecular flexibility index (Phi) is 3.44. The fourth-order valence-electron chi connectivity index (χ4n) is 3.15. The first kappa shape index (κ1) is 13.1. The molecule has 0 aliphatic carbocycles. The smallest absolute Gasteiger partial charge is 0.326 e. The van der Waals surface area contributed by atoms with Crippen molar-refractivity contribution in [2.75, 3.05) is 13.1 Å². The quantitative estimate of drug-likeness (QED) is 0.845. The minimum atomic E-state index is -0.901. The first-order chi connectivity index (χ1) is 9.68. The summed E-state index contributed by atoms with van der Waals surface area (Å²) in [4.78, 5) is 25.4. The Balaban J connectivity index is 1.93. The fourth-order valence-corrected chi connectivity index (χ4v) is 3.15. The number of rotatable bonds is 2. The van der Waals surface area contributed by atoms with Crippen LogP contribution in [0, 0.1) is 0 Å². The molecule has 3 rings (SSSR count). The number of carbonyl (C=O) groups excluding carboxylic acids is 1. The van der Waals surface area contributed by atoms with E-state index in [0.29, 0.717) is 18.5 Å². The summed E-state index contributed by atoms with van der Waals surface area (Å²) < 4.78 is 0. The van der Waals surface area contributed by atoms with Gasteiger partial charge in [0.2, 0.25) is 0 Å². The Morgan fingerprint density at radius 1 is 1.35 bits per heavy atom. The third-order valence-corrected chi connectivity index (χ3v) is 4.17. The van der Waals surface area contributed by atoms with E-state index < -0.39 is 12.0 Å². The van der Waals surface area contributed by atoms with E-state index in [1.807, 2.05) is 18.2 Å². The number of hydrogen-bond acceptors (Lipinski definition) is 3. The van der Waals surface area contributed by atoms with E-state index in [1.54, 1.807) is 0 Å². The second kappa shape index (κ2) is 5.25. The van der Waals surface area contributed by atoms with Gasteiger partial charge in [0.15, 0.2) is 0 Å². The topological polar surface area (TPSA) is 69.6 Å². The Hall–Kier alpha value is -1.88. The lowest BCUT2D eigenvalue weighted by Crippen LogP contribution is -2.41. The van der Waals surface area contributed by atoms with Gasteiger partial charge in [0.25, 0.3) is 5.91 Å². The number of nitrogens with zero attached hydrogens (tertiary/aromatic N) is 1. The van der Waals surface area contributed by atoms with Crippen molar-refractivity contribution in [2.24, 2.45) is 0 Å². The third kappa shape index (κ3) is 2.18. The molecule has 2 aliphatic heterocycles. The van der Waals surface area contributed by atoms with Crippen LogP contribution in [0.3, 0.4) is 0 Å². The van der Waals surface area contributed by atoms with Crippen molar-refractivity contribution in [2.45, 2.75) is 31.8 Å². The number of carbonyl (C=O) groups is 2. The molecule has 5 heteroatoms. The minimum absolute atomic E-state index is 0.131. The summed E-state index contributed by atoms with van der Waals surface area (Å²) in [7, 11) is 0. The van der Waals surface area contributed by atoms with Crippen molar-refractivity contribution < 1.29 is 14.7 Å². The van der Waals surface area contributed by atoms with Crippen LogP contribution in [0.1, 0.15) is 34.3 Å². The standard InChI is InChI=1S/C15H18N2O3/c18-14(17-8-2-5-13(17)15(19)20)12-4-1-3-10-9-16-7-6-11(10)12/h1,3-4,13,16H,2,5-9H2,(H,19,20). The van der Waals surface area contributed by atoms with Crippen LogP contribution in [0.5, 0.6) is 0 Å². The number of carboxylic acid groups (broad SMARTS) is 1. The summed E-state index contributed by atoms with van der Waals surface area (Å²) in [5.74, 6) is -1.03. The average Bonchev–Trinajstić information content (AvgIpc) is 2.95. The molecule has 1 unspecified atom stereocenters. The molecule has 2 aliphatic rings. The Morgan fingerprint density at radius 3 is 3.00 bits per heavy atom. The van der Waals surface area contributed by atoms with E-state index >= 15 is 0 Å². The van der Waals surface area contributed by atoms with Crippen LogP contribution in [0.2, 0.25) is 0 Å². The minimum Gasteiger partial charge on any atom is -0.480 e. The van der Waals surface area contributed by atoms with Gasteiger partial charge in [0, 0.05) is 18.7 Å². The summed E-state index contributed by atoms with van der Waals surface area (Å²) in [5, 5.41) is 12.5. The van der Waals surface area contributed by atoms with Gasteiger partial charge in [-0.25, -0.2) is 4.79 Å². The van der Waals surface area contributed by atoms with Crippen molar-refractivity contribution in [3.05, 3.63) is 34.9 Å². The van der Waals surface area contributed by atoms with Crippen LogP contribution < -0.4 is 5.32 Å². The molecule has 0 bridgehead atoms. The van der Waals surface area contributed by atoms with Gasteiger partial charge < -0.3 is 15.3 Å². The van der Waals surface area contributed by atoms with Crippen molar-refractivity contribution in [3.8, 4) is 0 Å². The molecule has 5 nitrogen and oxygen atoms in total. The van der Waals surface area contributed by atoms with Gasteiger partial charge in [-0.1, -0.05) is 12.1 Å². The summed E-state index contributed by atoms with van der Waals surface area (Å²) >= 11 is 0. The van der Waals surface area contributed by atoms with Crippen LogP contribution in [-0.4, -0.2) is 41.0 Å². The number of fused-ring (bicyclic) bond motifs is 1. The Morgan fingerprint density at radius 2 is 2.20 bits per heavy atom. The Labute approximate surface area is 117 Å². The number of carboxylic acids is 1. The van der Waals surface area contributed by atoms with Crippen molar-refractivity contribution >= 4 is 11.9 Å². The first-order valence-electron chi connectivity index (χ1n) is 7.04. The van der Waals surface area contributed by atoms with Gasteiger partial charge in [-0.3, -0.25) is 4.79 Å². The number of hydrogen-bond donors (Lipinski definition) is 2. The molecule has 0 saturated carbocycles. The van der Waals surface area contributed by atoms with E-state index in [4.69, 9.17) is 0 Å². The van der Waals surface area contributed by atoms with Gasteiger partial charge in [-0.15, -0.1) is 0 Å². The summed E-state index contributed by atoms with van der Waals surface area (Å²) in [6.07, 6.45) is 2.14. The zero-order valence-electron chi connectivity index (χ0n) is 11.3. The maximum Gasteiger partial charge on any atom is 0.326 e. The van der Waals surface area contributed by atoms with Crippen LogP contribution in [0.15, 0.2) is 18.2 Å². The lowest BCUT2D eigenvalue weighted by molar-refractivity contribution is -0.141. The molecule has 1 fully saturated rings. The second-order valence-electron chi connectivity index (χ2n) is 5.36. The maximum absolute atomic E-state index is 12.7. The van der Waals surface area contributed by atoms with Crippen molar-refractivity contribution in [1.29, 1.82) is 0 Å². The number of benzene rings is 1. The highest BCUT2D eigenvalue weighted by Crippen LogP contribution is 2.24. The summed E-state index contributed by atoms with van der Waals surface area (Å²) in [5.41, 5.74) is 2.90. The fraction of sp³-hybridized carbons (Fsp3) is 0.467. The predicted molar refractivity (Wildman–Crippen MR) is 73.5 cm³/mol. The number of aliphatic carboxylic acids is 1. The molecular formula is C15H18N2O3. The van der Waals surface area contributed by atoms with E-state index in [0.717, 1.165) is 37.1 Å². The van der Waals surface area contributed by atoms with Gasteiger partial charge in [-0.2, -0.15) is 0 Å². The highest BCUT2D eigenvalue weighted by molar-refractivity contribution is 5.98. The van der Waals surface area contributed by atoms with Crippen LogP contribution in [0.4, 0.5) is 0 Å². The number of likely N-dealkylation sites (tertiary alicyclic amines) is 1. The van der Waals surface area contributed by atoms with Gasteiger partial charge in [0.05, 0.1) is 0 Å². The van der Waals surface area contributed by atoms with E-state index in [9.17, 15) is 14.7 Å². The Bertz CT molecular complexity index is 556. The molecule has 106 valence electrons. The first-order valence-corrected chi connectivity index (χ1v) is 7.04. The molecule has 20 heavy (non-hydrogen) atoms. The molecule has 1 aromatic rings. The van der Waals surface area contributed by atoms with Crippen molar-refractivity contribution in [3.63, 3.8) is 0 Å². The average molecular weight is 274 g/mol. The third-order valence-electron chi connectivity index (χ3n) is 4.17. The van der Waals surface area contributed by atoms with Crippen LogP contribution in [-0.2, 0) is 17.8 Å². The zero-order valence-corrected chi connectivity index (χ0v) is 11.3. The highest BCUT2D eigenvalue weighted by Gasteiger charge is 2.35. The van der Waals surface area contributed by atoms with Gasteiger partial charge in [-0.05, 0) is 43.0 Å². The normalized spacial score (nSPS) is 21.6. The van der Waals surface area contributed by atoms with E-state index in [2.05, 4.69) is 5.32 Å². The van der Waals surface area contributed by atoms with Crippen molar-refractivity contribution in [1.82, 2.24) is 10.2 Å². The molecule has 1 atom stereocenters. The largest absolute Gasteiger partial charge is 0.480 e. The molecule has 1 amide bonds. The molecule has 2 N–H and O–H groups in total. The molecule has 0 aromatic heterocycles. The molecule has 2 heterocycles. The zero-order chi connectivity index (χ0) is 14.1. The highest BCUT2D eigenvalue weighted by atomic mass is 16.4. The molecule has 0 radical (unpaired) electrons. The molecule has 0 spiro atoms. The monoisotopic (exact) mass is 274 g/mol. The second-order valence-corrected chi connectivity index (χ2v) is 5.36. The summed E-state index contributed by atoms with van der Waals surface area (Å²) in [6.45, 7) is 2.18. The van der Waals surface area contributed by atoms with E-state index in [-0.39, 0.29) is 5.91 Å². The maximum atomic E-state index is 12.7. The van der Waals surface area contributed by atoms with E-state index in [1.165, 1.54) is 4.90 Å².